The van der Waals surface area contributed by atoms with Gasteiger partial charge in [-0.1, -0.05) is 59.9 Å². The average Bonchev–Trinajstić information content (AvgIpc) is 4.11. The molecule has 3 fully saturated rings. The highest BCUT2D eigenvalue weighted by molar-refractivity contribution is 7.51. The number of halogens is 5. The number of anilines is 2. The number of furan rings is 1. The van der Waals surface area contributed by atoms with Crippen LogP contribution < -0.4 is 19.9 Å². The summed E-state index contributed by atoms with van der Waals surface area (Å²) in [5.41, 5.74) is 2.78. The number of allylic oxidation sites excluding steroid dienone is 1. The molecular formula is C46H60Cl4FN4O14P. The van der Waals surface area contributed by atoms with Crippen molar-refractivity contribution in [1.82, 2.24) is 10.2 Å². The van der Waals surface area contributed by atoms with Gasteiger partial charge in [-0.15, -0.1) is 11.6 Å². The average molecular weight is 1080 g/mol. The van der Waals surface area contributed by atoms with Crippen LogP contribution in [0.2, 0.25) is 5.02 Å². The summed E-state index contributed by atoms with van der Waals surface area (Å²) >= 11 is 23.0. The van der Waals surface area contributed by atoms with E-state index in [1.54, 1.807) is 52.0 Å². The molecule has 1 aliphatic carbocycles. The third-order valence-corrected chi connectivity index (χ3v) is 12.1. The number of methoxy groups -OCH3 is 1. The van der Waals surface area contributed by atoms with Crippen molar-refractivity contribution in [3.8, 4) is 5.75 Å². The number of imide groups is 1. The summed E-state index contributed by atoms with van der Waals surface area (Å²) < 4.78 is 51.3. The Hall–Kier alpha value is -4.27. The predicted molar refractivity (Wildman–Crippen MR) is 263 cm³/mol. The fourth-order valence-corrected chi connectivity index (χ4v) is 8.37. The molecule has 2 atom stereocenters. The lowest BCUT2D eigenvalue weighted by Crippen LogP contribution is -2.45. The number of carboxylic acids is 1. The molecule has 3 aromatic rings. The van der Waals surface area contributed by atoms with E-state index in [0.29, 0.717) is 29.4 Å². The molecule has 70 heavy (non-hydrogen) atoms. The molecule has 388 valence electrons. The van der Waals surface area contributed by atoms with Crippen LogP contribution in [0.5, 0.6) is 5.75 Å². The van der Waals surface area contributed by atoms with Crippen molar-refractivity contribution < 1.29 is 71.2 Å². The van der Waals surface area contributed by atoms with Crippen LogP contribution in [0.15, 0.2) is 64.5 Å². The molecule has 2 unspecified atom stereocenters. The molecule has 24 heteroatoms. The highest BCUT2D eigenvalue weighted by Gasteiger charge is 2.45. The fourth-order valence-electron chi connectivity index (χ4n) is 7.41. The maximum Gasteiger partial charge on any atom is 0.427 e. The summed E-state index contributed by atoms with van der Waals surface area (Å²) in [6, 6.07) is 12.0. The number of hydrogen-bond donors (Lipinski definition) is 4. The number of carboxylic acid groups (broad SMARTS) is 1. The van der Waals surface area contributed by atoms with Crippen molar-refractivity contribution in [2.75, 3.05) is 48.8 Å². The van der Waals surface area contributed by atoms with Gasteiger partial charge in [-0.2, -0.15) is 0 Å². The minimum Gasteiger partial charge on any atom is -0.489 e. The number of hydrogen-bond acceptors (Lipinski definition) is 12. The number of aryl methyl sites for hydroxylation is 2. The Morgan fingerprint density at radius 3 is 2.26 bits per heavy atom. The number of carbonyl (C=O) groups is 5. The molecule has 2 aliphatic heterocycles. The van der Waals surface area contributed by atoms with Gasteiger partial charge in [0.15, 0.2) is 10.6 Å². The van der Waals surface area contributed by atoms with Crippen LogP contribution in [0.1, 0.15) is 90.2 Å². The smallest absolute Gasteiger partial charge is 0.427 e. The van der Waals surface area contributed by atoms with E-state index in [1.165, 1.54) is 11.0 Å². The van der Waals surface area contributed by atoms with Crippen molar-refractivity contribution in [1.29, 1.82) is 0 Å². The fraction of sp³-hybridized carbons (Fsp3) is 0.500. The Morgan fingerprint density at radius 1 is 1.09 bits per heavy atom. The maximum absolute atomic E-state index is 14.3. The maximum atomic E-state index is 14.3. The van der Waals surface area contributed by atoms with Crippen LogP contribution in [-0.4, -0.2) is 111 Å². The number of aliphatic carboxylic acids is 1. The molecule has 2 aromatic carbocycles. The predicted octanol–water partition coefficient (Wildman–Crippen LogP) is 9.26. The highest BCUT2D eigenvalue weighted by Crippen LogP contribution is 2.39. The van der Waals surface area contributed by atoms with Crippen LogP contribution in [0.25, 0.3) is 0 Å². The Labute approximate surface area is 426 Å². The van der Waals surface area contributed by atoms with E-state index in [2.05, 4.69) is 18.3 Å². The molecule has 3 aliphatic rings. The second-order valence-corrected chi connectivity index (χ2v) is 20.1. The third-order valence-electron chi connectivity index (χ3n) is 10.6. The van der Waals surface area contributed by atoms with E-state index >= 15 is 0 Å². The molecular weight excluding hydrogens is 1020 g/mol. The van der Waals surface area contributed by atoms with Crippen molar-refractivity contribution in [2.45, 2.75) is 109 Å². The number of benzene rings is 2. The van der Waals surface area contributed by atoms with Gasteiger partial charge in [0.05, 0.1) is 60.8 Å². The highest BCUT2D eigenvalue weighted by atomic mass is 35.5. The molecule has 6 rings (SSSR count). The topological polar surface area (TPSA) is 235 Å². The zero-order valence-electron chi connectivity index (χ0n) is 40.0. The van der Waals surface area contributed by atoms with E-state index in [-0.39, 0.29) is 58.2 Å². The Balaban J connectivity index is 0.000000257. The van der Waals surface area contributed by atoms with E-state index in [4.69, 9.17) is 84.7 Å². The quantitative estimate of drug-likeness (QED) is 0.0631. The number of rotatable bonds is 15. The number of ether oxygens (including phenoxy) is 4. The van der Waals surface area contributed by atoms with E-state index in [9.17, 15) is 32.9 Å². The first-order valence-corrected chi connectivity index (χ1v) is 25.5. The number of carbonyl (C=O) groups excluding carboxylic acids is 4. The van der Waals surface area contributed by atoms with Crippen LogP contribution in [0, 0.1) is 12.7 Å². The van der Waals surface area contributed by atoms with Gasteiger partial charge in [-0.25, -0.2) is 14.1 Å². The number of cyclic esters (lactones) is 1. The monoisotopic (exact) mass is 1080 g/mol. The molecule has 0 spiro atoms. The zero-order valence-corrected chi connectivity index (χ0v) is 43.9. The largest absolute Gasteiger partial charge is 0.489 e. The summed E-state index contributed by atoms with van der Waals surface area (Å²) in [6.45, 7) is 13.4. The molecule has 4 N–H and O–H groups in total. The van der Waals surface area contributed by atoms with Crippen LogP contribution in [-0.2, 0) is 44.4 Å². The molecule has 18 nitrogen and oxygen atoms in total. The molecule has 1 saturated carbocycles. The minimum absolute atomic E-state index is 0.00962. The first-order chi connectivity index (χ1) is 32.8. The Morgan fingerprint density at radius 2 is 1.74 bits per heavy atom. The van der Waals surface area contributed by atoms with Gasteiger partial charge in [-0.3, -0.25) is 29.1 Å². The van der Waals surface area contributed by atoms with Gasteiger partial charge >= 0.3 is 25.6 Å². The van der Waals surface area contributed by atoms with Gasteiger partial charge < -0.3 is 48.1 Å². The summed E-state index contributed by atoms with van der Waals surface area (Å²) in [6.07, 6.45) is 4.57. The number of nitrogens with one attached hydrogen (secondary N) is 1. The summed E-state index contributed by atoms with van der Waals surface area (Å²) in [5.74, 6) is -2.25. The third kappa shape index (κ3) is 17.2. The molecule has 0 radical (unpaired) electrons. The van der Waals surface area contributed by atoms with E-state index in [0.717, 1.165) is 55.0 Å². The second kappa shape index (κ2) is 27.5. The van der Waals surface area contributed by atoms with Gasteiger partial charge in [-0.05, 0) is 109 Å². The lowest BCUT2D eigenvalue weighted by Gasteiger charge is -2.31. The van der Waals surface area contributed by atoms with Gasteiger partial charge in [0.1, 0.15) is 35.0 Å². The molecule has 1 aromatic heterocycles. The lowest BCUT2D eigenvalue weighted by molar-refractivity contribution is -0.144. The van der Waals surface area contributed by atoms with E-state index in [1.807, 2.05) is 32.0 Å². The van der Waals surface area contributed by atoms with Crippen molar-refractivity contribution >= 4 is 95.2 Å². The minimum atomic E-state index is -4.10. The zero-order chi connectivity index (χ0) is 52.7. The van der Waals surface area contributed by atoms with Crippen LogP contribution in [0.3, 0.4) is 0 Å². The first-order valence-electron chi connectivity index (χ1n) is 21.9. The summed E-state index contributed by atoms with van der Waals surface area (Å²) in [7, 11) is -2.46. The first kappa shape index (κ1) is 60.0. The standard InChI is InChI=1S/C17H17ClFNO4.C15H22ClNO2.C11H13Cl2NO3.C3H8NO5P/c1-9(2)15-16(21)20(17(22)24-15)13-8-14(11(18)7-12(13)19)23-10-5-3-4-6-10;1-5-13-8-6-7-11(2)15(13)17(14(18)9-16)12(3)10-19-4;1-11(2)14(10(15)9(12)13)6-8(17-11)7-4-3-5-16-7;5-3(6)1-4-2-10(7,8)9/h7-8,10H,3-6H2,1-2H3;6-8,12H,5,9-10H2,1-4H3;3-5,8-9H,6H2,1-2H3;4H,1-2H2,(H,5,6)(H2,7,8,9). The molecule has 3 heterocycles. The van der Waals surface area contributed by atoms with E-state index < -0.39 is 54.8 Å². The summed E-state index contributed by atoms with van der Waals surface area (Å²) in [4.78, 5) is 77.4. The van der Waals surface area contributed by atoms with Crippen LogP contribution >= 0.6 is 54.0 Å². The van der Waals surface area contributed by atoms with Gasteiger partial charge in [0.25, 0.3) is 5.91 Å². The molecule has 2 saturated heterocycles. The number of nitrogens with zero attached hydrogens (tertiary/aromatic N) is 3. The second-order valence-electron chi connectivity index (χ2n) is 16.7. The lowest BCUT2D eigenvalue weighted by atomic mass is 10.0. The van der Waals surface area contributed by atoms with Crippen molar-refractivity contribution in [3.63, 3.8) is 0 Å². The van der Waals surface area contributed by atoms with Gasteiger partial charge in [0, 0.05) is 13.2 Å². The Kier molecular flexibility index (Phi) is 23.6. The van der Waals surface area contributed by atoms with Crippen molar-refractivity contribution in [3.05, 3.63) is 87.8 Å². The molecule has 0 bridgehead atoms. The molecule has 4 amide bonds. The van der Waals surface area contributed by atoms with Crippen LogP contribution in [0.4, 0.5) is 20.6 Å². The summed E-state index contributed by atoms with van der Waals surface area (Å²) in [5, 5.41) is 10.2. The number of alkyl halides is 3. The normalized spacial score (nSPS) is 16.9. The number of para-hydroxylation sites is 1. The SMILES string of the molecule is CC(C)=C1OC(=O)N(c2cc(OC3CCCC3)c(Cl)cc2F)C1=O.CC1(C)OC(c2ccco2)CN1C(=O)C(Cl)Cl.CCc1cccc(C)c1N(C(=O)CCl)C(C)COC.O=C(O)CNCP(=O)(O)O. The van der Waals surface area contributed by atoms with Gasteiger partial charge in [0.2, 0.25) is 5.91 Å². The number of amides is 4. The van der Waals surface area contributed by atoms with Crippen molar-refractivity contribution in [2.24, 2.45) is 0 Å². The Bertz CT molecular complexity index is 2360.